The smallest absolute Gasteiger partial charge is 0.240 e. The number of carbonyl (C=O) groups is 1. The van der Waals surface area contributed by atoms with E-state index >= 15 is 0 Å². The van der Waals surface area contributed by atoms with Crippen LogP contribution in [-0.4, -0.2) is 23.6 Å². The zero-order valence-corrected chi connectivity index (χ0v) is 12.7. The molecule has 0 aliphatic carbocycles. The van der Waals surface area contributed by atoms with Crippen LogP contribution in [-0.2, 0) is 11.3 Å². The molecule has 4 heteroatoms. The van der Waals surface area contributed by atoms with E-state index < -0.39 is 0 Å². The number of carbonyl (C=O) groups excluding carboxylic acids is 1. The fraction of sp³-hybridized carbons (Fsp3) is 0.667. The summed E-state index contributed by atoms with van der Waals surface area (Å²) >= 11 is 0. The highest BCUT2D eigenvalue weighted by Gasteiger charge is 2.15. The Balaban J connectivity index is 2.62. The molecule has 19 heavy (non-hydrogen) atoms. The second-order valence-electron chi connectivity index (χ2n) is 5.50. The number of hydrogen-bond acceptors (Lipinski definition) is 2. The average Bonchev–Trinajstić information content (AvgIpc) is 2.77. The molecule has 1 aromatic heterocycles. The molecule has 4 nitrogen and oxygen atoms in total. The Morgan fingerprint density at radius 1 is 1.37 bits per heavy atom. The van der Waals surface area contributed by atoms with Gasteiger partial charge in [-0.1, -0.05) is 20.8 Å². The summed E-state index contributed by atoms with van der Waals surface area (Å²) in [6, 6.07) is 2.65. The second kappa shape index (κ2) is 7.34. The molecular weight excluding hydrogens is 238 g/mol. The monoisotopic (exact) mass is 265 g/mol. The largest absolute Gasteiger partial charge is 0.352 e. The minimum atomic E-state index is 0.0713. The molecule has 0 saturated heterocycles. The molecule has 1 amide bonds. The first-order valence-corrected chi connectivity index (χ1v) is 7.10. The predicted octanol–water partition coefficient (Wildman–Crippen LogP) is 2.32. The number of nitrogens with zero attached hydrogens (tertiary/aromatic N) is 1. The van der Waals surface area contributed by atoms with Crippen molar-refractivity contribution in [2.45, 2.75) is 52.7 Å². The minimum Gasteiger partial charge on any atom is -0.352 e. The van der Waals surface area contributed by atoms with E-state index in [1.165, 1.54) is 5.56 Å². The van der Waals surface area contributed by atoms with Crippen LogP contribution in [0.3, 0.4) is 0 Å². The molecule has 0 aromatic carbocycles. The van der Waals surface area contributed by atoms with Crippen LogP contribution in [0, 0.1) is 5.92 Å². The standard InChI is InChI=1S/C15H27N3O/c1-6-12(4)17-14(19)10-18-8-7-13(9-18)15(16-5)11(2)3/h7-9,11-12,15-16H,6,10H2,1-5H3,(H,17,19). The lowest BCUT2D eigenvalue weighted by Gasteiger charge is -2.18. The minimum absolute atomic E-state index is 0.0713. The van der Waals surface area contributed by atoms with Crippen molar-refractivity contribution in [1.29, 1.82) is 0 Å². The fourth-order valence-electron chi connectivity index (χ4n) is 2.21. The topological polar surface area (TPSA) is 46.1 Å². The van der Waals surface area contributed by atoms with Gasteiger partial charge < -0.3 is 15.2 Å². The Labute approximate surface area is 116 Å². The molecule has 0 aliphatic rings. The van der Waals surface area contributed by atoms with Gasteiger partial charge in [0, 0.05) is 24.5 Å². The molecule has 2 unspecified atom stereocenters. The molecule has 2 atom stereocenters. The van der Waals surface area contributed by atoms with Crippen LogP contribution < -0.4 is 10.6 Å². The van der Waals surface area contributed by atoms with Crippen molar-refractivity contribution < 1.29 is 4.79 Å². The van der Waals surface area contributed by atoms with Gasteiger partial charge in [0.25, 0.3) is 0 Å². The van der Waals surface area contributed by atoms with Gasteiger partial charge in [0.15, 0.2) is 0 Å². The van der Waals surface area contributed by atoms with Crippen LogP contribution in [0.2, 0.25) is 0 Å². The Morgan fingerprint density at radius 3 is 2.58 bits per heavy atom. The van der Waals surface area contributed by atoms with Gasteiger partial charge in [-0.2, -0.15) is 0 Å². The van der Waals surface area contributed by atoms with Crippen LogP contribution in [0.1, 0.15) is 45.7 Å². The molecule has 0 bridgehead atoms. The zero-order valence-electron chi connectivity index (χ0n) is 12.7. The molecule has 1 aromatic rings. The third-order valence-corrected chi connectivity index (χ3v) is 3.46. The van der Waals surface area contributed by atoms with E-state index in [2.05, 4.69) is 43.7 Å². The van der Waals surface area contributed by atoms with Crippen molar-refractivity contribution in [2.24, 2.45) is 5.92 Å². The first-order chi connectivity index (χ1) is 8.97. The first kappa shape index (κ1) is 15.8. The van der Waals surface area contributed by atoms with E-state index in [1.54, 1.807) is 0 Å². The molecule has 0 radical (unpaired) electrons. The molecule has 0 spiro atoms. The third-order valence-electron chi connectivity index (χ3n) is 3.46. The van der Waals surface area contributed by atoms with Gasteiger partial charge in [0.2, 0.25) is 5.91 Å². The molecule has 1 rings (SSSR count). The Morgan fingerprint density at radius 2 is 2.05 bits per heavy atom. The van der Waals surface area contributed by atoms with Crippen molar-refractivity contribution >= 4 is 5.91 Å². The Bertz CT molecular complexity index is 398. The second-order valence-corrected chi connectivity index (χ2v) is 5.50. The van der Waals surface area contributed by atoms with Gasteiger partial charge >= 0.3 is 0 Å². The first-order valence-electron chi connectivity index (χ1n) is 7.10. The van der Waals surface area contributed by atoms with Gasteiger partial charge in [0.1, 0.15) is 6.54 Å². The zero-order chi connectivity index (χ0) is 14.4. The average molecular weight is 265 g/mol. The van der Waals surface area contributed by atoms with Crippen molar-refractivity contribution in [3.8, 4) is 0 Å². The molecule has 0 aliphatic heterocycles. The molecule has 0 fully saturated rings. The highest BCUT2D eigenvalue weighted by molar-refractivity contribution is 5.76. The Kier molecular flexibility index (Phi) is 6.09. The fourth-order valence-corrected chi connectivity index (χ4v) is 2.21. The maximum Gasteiger partial charge on any atom is 0.240 e. The lowest BCUT2D eigenvalue weighted by atomic mass is 9.99. The van der Waals surface area contributed by atoms with E-state index in [1.807, 2.05) is 24.7 Å². The van der Waals surface area contributed by atoms with Gasteiger partial charge in [0.05, 0.1) is 0 Å². The number of hydrogen-bond donors (Lipinski definition) is 2. The SMILES string of the molecule is CCC(C)NC(=O)Cn1ccc(C(NC)C(C)C)c1. The number of aromatic nitrogens is 1. The number of nitrogens with one attached hydrogen (secondary N) is 2. The van der Waals surface area contributed by atoms with Crippen LogP contribution in [0.4, 0.5) is 0 Å². The highest BCUT2D eigenvalue weighted by Crippen LogP contribution is 2.21. The maximum absolute atomic E-state index is 11.8. The van der Waals surface area contributed by atoms with Gasteiger partial charge in [-0.05, 0) is 37.9 Å². The van der Waals surface area contributed by atoms with E-state index in [0.717, 1.165) is 6.42 Å². The molecular formula is C15H27N3O. The molecule has 0 saturated carbocycles. The molecule has 1 heterocycles. The van der Waals surface area contributed by atoms with Crippen molar-refractivity contribution in [1.82, 2.24) is 15.2 Å². The van der Waals surface area contributed by atoms with Crippen LogP contribution in [0.25, 0.3) is 0 Å². The lowest BCUT2D eigenvalue weighted by molar-refractivity contribution is -0.122. The summed E-state index contributed by atoms with van der Waals surface area (Å²) in [7, 11) is 1.97. The summed E-state index contributed by atoms with van der Waals surface area (Å²) in [6.07, 6.45) is 4.98. The Hall–Kier alpha value is -1.29. The summed E-state index contributed by atoms with van der Waals surface area (Å²) in [4.78, 5) is 11.8. The summed E-state index contributed by atoms with van der Waals surface area (Å²) in [5.41, 5.74) is 1.23. The van der Waals surface area contributed by atoms with Gasteiger partial charge in [-0.15, -0.1) is 0 Å². The van der Waals surface area contributed by atoms with Crippen LogP contribution >= 0.6 is 0 Å². The lowest BCUT2D eigenvalue weighted by Crippen LogP contribution is -2.34. The van der Waals surface area contributed by atoms with Crippen molar-refractivity contribution in [3.05, 3.63) is 24.0 Å². The molecule has 2 N–H and O–H groups in total. The summed E-state index contributed by atoms with van der Waals surface area (Å²) in [6.45, 7) is 8.86. The number of rotatable bonds is 7. The number of amides is 1. The van der Waals surface area contributed by atoms with Crippen LogP contribution in [0.5, 0.6) is 0 Å². The maximum atomic E-state index is 11.8. The van der Waals surface area contributed by atoms with E-state index in [-0.39, 0.29) is 11.9 Å². The third kappa shape index (κ3) is 4.71. The molecule has 108 valence electrons. The predicted molar refractivity (Wildman–Crippen MR) is 79.0 cm³/mol. The van der Waals surface area contributed by atoms with Crippen LogP contribution in [0.15, 0.2) is 18.5 Å². The van der Waals surface area contributed by atoms with Crippen molar-refractivity contribution in [2.75, 3.05) is 7.05 Å². The highest BCUT2D eigenvalue weighted by atomic mass is 16.2. The summed E-state index contributed by atoms with van der Waals surface area (Å²) in [5, 5.41) is 6.29. The van der Waals surface area contributed by atoms with Gasteiger partial charge in [-0.25, -0.2) is 0 Å². The van der Waals surface area contributed by atoms with E-state index in [0.29, 0.717) is 18.5 Å². The van der Waals surface area contributed by atoms with Crippen molar-refractivity contribution in [3.63, 3.8) is 0 Å². The van der Waals surface area contributed by atoms with E-state index in [9.17, 15) is 4.79 Å². The summed E-state index contributed by atoms with van der Waals surface area (Å²) in [5.74, 6) is 0.594. The quantitative estimate of drug-likeness (QED) is 0.795. The summed E-state index contributed by atoms with van der Waals surface area (Å²) < 4.78 is 1.94. The normalized spacial score (nSPS) is 14.4. The van der Waals surface area contributed by atoms with E-state index in [4.69, 9.17) is 0 Å². The van der Waals surface area contributed by atoms with Gasteiger partial charge in [-0.3, -0.25) is 4.79 Å².